The molecule has 15 heavy (non-hydrogen) atoms. The van der Waals surface area contributed by atoms with Crippen LogP contribution in [0.1, 0.15) is 5.56 Å². The molecule has 0 bridgehead atoms. The van der Waals surface area contributed by atoms with Gasteiger partial charge in [-0.1, -0.05) is 34.1 Å². The fourth-order valence-corrected chi connectivity index (χ4v) is 3.21. The lowest BCUT2D eigenvalue weighted by atomic mass is 10.2. The van der Waals surface area contributed by atoms with Gasteiger partial charge in [0, 0.05) is 4.47 Å². The van der Waals surface area contributed by atoms with Crippen LogP contribution in [0, 0.1) is 0 Å². The lowest BCUT2D eigenvalue weighted by Gasteiger charge is -2.02. The maximum atomic E-state index is 11.3. The van der Waals surface area contributed by atoms with Crippen LogP contribution >= 0.6 is 36.6 Å². The SMILES string of the molecule is O=c1ssc(=O)n1Cc1ccccc1Br. The third kappa shape index (κ3) is 2.27. The van der Waals surface area contributed by atoms with Crippen LogP contribution in [0.4, 0.5) is 0 Å². The quantitative estimate of drug-likeness (QED) is 0.797. The Balaban J connectivity index is 2.42. The predicted octanol–water partition coefficient (Wildman–Crippen LogP) is 2.14. The molecular weight excluding hydrogens is 298 g/mol. The Kier molecular flexibility index (Phi) is 3.18. The molecule has 3 nitrogen and oxygen atoms in total. The molecule has 0 radical (unpaired) electrons. The molecule has 1 heterocycles. The highest BCUT2D eigenvalue weighted by atomic mass is 79.9. The summed E-state index contributed by atoms with van der Waals surface area (Å²) >= 11 is 3.38. The standard InChI is InChI=1S/C9H6BrNO2S2/c10-7-4-2-1-3-6(7)5-11-8(12)14-15-9(11)13/h1-4H,5H2. The van der Waals surface area contributed by atoms with Crippen LogP contribution in [-0.2, 0) is 6.54 Å². The van der Waals surface area contributed by atoms with Crippen molar-refractivity contribution in [2.24, 2.45) is 0 Å². The van der Waals surface area contributed by atoms with Crippen molar-refractivity contribution in [2.45, 2.75) is 6.54 Å². The first-order chi connectivity index (χ1) is 7.18. The molecule has 1 aromatic carbocycles. The number of hydrogen-bond acceptors (Lipinski definition) is 4. The van der Waals surface area contributed by atoms with E-state index in [4.69, 9.17) is 0 Å². The summed E-state index contributed by atoms with van der Waals surface area (Å²) in [6.45, 7) is 0.332. The van der Waals surface area contributed by atoms with E-state index in [2.05, 4.69) is 15.9 Å². The average Bonchev–Trinajstić information content (AvgIpc) is 2.53. The number of aromatic nitrogens is 1. The molecule has 78 valence electrons. The molecule has 0 saturated carbocycles. The normalized spacial score (nSPS) is 10.5. The second-order valence-corrected chi connectivity index (χ2v) is 5.76. The Hall–Kier alpha value is -0.720. The third-order valence-corrected chi connectivity index (χ3v) is 4.60. The molecule has 0 N–H and O–H groups in total. The highest BCUT2D eigenvalue weighted by molar-refractivity contribution is 9.10. The van der Waals surface area contributed by atoms with Gasteiger partial charge in [0.05, 0.1) is 6.54 Å². The predicted molar refractivity (Wildman–Crippen MR) is 66.0 cm³/mol. The topological polar surface area (TPSA) is 39.1 Å². The first kappa shape index (κ1) is 10.8. The zero-order chi connectivity index (χ0) is 10.8. The van der Waals surface area contributed by atoms with Crippen molar-refractivity contribution < 1.29 is 0 Å². The minimum absolute atomic E-state index is 0.194. The highest BCUT2D eigenvalue weighted by Crippen LogP contribution is 2.16. The van der Waals surface area contributed by atoms with Crippen molar-refractivity contribution >= 4 is 36.6 Å². The lowest BCUT2D eigenvalue weighted by Crippen LogP contribution is -2.24. The number of nitrogens with zero attached hydrogens (tertiary/aromatic N) is 1. The van der Waals surface area contributed by atoms with Crippen LogP contribution in [0.3, 0.4) is 0 Å². The zero-order valence-electron chi connectivity index (χ0n) is 7.47. The maximum absolute atomic E-state index is 11.3. The molecule has 0 fully saturated rings. The van der Waals surface area contributed by atoms with Gasteiger partial charge in [-0.15, -0.1) is 0 Å². The van der Waals surface area contributed by atoms with E-state index in [1.165, 1.54) is 4.57 Å². The Labute approximate surface area is 101 Å². The highest BCUT2D eigenvalue weighted by Gasteiger charge is 2.06. The number of hydrogen-bond donors (Lipinski definition) is 0. The fourth-order valence-electron chi connectivity index (χ4n) is 1.16. The molecule has 1 aromatic heterocycles. The van der Waals surface area contributed by atoms with Gasteiger partial charge in [-0.3, -0.25) is 14.2 Å². The monoisotopic (exact) mass is 303 g/mol. The van der Waals surface area contributed by atoms with Gasteiger partial charge in [0.1, 0.15) is 0 Å². The Bertz CT molecular complexity index is 557. The summed E-state index contributed by atoms with van der Waals surface area (Å²) in [5, 5.41) is 0. The largest absolute Gasteiger partial charge is 0.320 e. The van der Waals surface area contributed by atoms with Gasteiger partial charge >= 0.3 is 9.75 Å². The van der Waals surface area contributed by atoms with Crippen LogP contribution in [0.2, 0.25) is 0 Å². The summed E-state index contributed by atoms with van der Waals surface area (Å²) in [6.07, 6.45) is 0. The zero-order valence-corrected chi connectivity index (χ0v) is 10.7. The van der Waals surface area contributed by atoms with Crippen LogP contribution in [0.15, 0.2) is 38.3 Å². The Morgan fingerprint density at radius 1 is 1.13 bits per heavy atom. The van der Waals surface area contributed by atoms with Gasteiger partial charge in [0.15, 0.2) is 0 Å². The van der Waals surface area contributed by atoms with Crippen LogP contribution in [-0.4, -0.2) is 4.57 Å². The smallest absolute Gasteiger partial charge is 0.256 e. The first-order valence-corrected chi connectivity index (χ1v) is 7.06. The van der Waals surface area contributed by atoms with Crippen molar-refractivity contribution in [3.63, 3.8) is 0 Å². The van der Waals surface area contributed by atoms with Crippen molar-refractivity contribution in [2.75, 3.05) is 0 Å². The van der Waals surface area contributed by atoms with Gasteiger partial charge < -0.3 is 0 Å². The summed E-state index contributed by atoms with van der Waals surface area (Å²) in [6, 6.07) is 7.55. The molecular formula is C9H6BrNO2S2. The Morgan fingerprint density at radius 2 is 1.73 bits per heavy atom. The number of benzene rings is 1. The van der Waals surface area contributed by atoms with Crippen LogP contribution < -0.4 is 9.75 Å². The van der Waals surface area contributed by atoms with Crippen molar-refractivity contribution in [1.82, 2.24) is 4.57 Å². The first-order valence-electron chi connectivity index (χ1n) is 4.12. The van der Waals surface area contributed by atoms with Gasteiger partial charge in [0.25, 0.3) is 0 Å². The number of rotatable bonds is 2. The van der Waals surface area contributed by atoms with E-state index in [0.717, 1.165) is 30.7 Å². The van der Waals surface area contributed by atoms with E-state index in [0.29, 0.717) is 6.54 Å². The lowest BCUT2D eigenvalue weighted by molar-refractivity contribution is 0.761. The van der Waals surface area contributed by atoms with E-state index in [1.54, 1.807) is 0 Å². The Morgan fingerprint density at radius 3 is 2.33 bits per heavy atom. The third-order valence-electron chi connectivity index (χ3n) is 1.91. The maximum Gasteiger partial charge on any atom is 0.320 e. The molecule has 0 aliphatic heterocycles. The molecule has 2 rings (SSSR count). The molecule has 0 aliphatic rings. The van der Waals surface area contributed by atoms with Crippen molar-refractivity contribution in [3.8, 4) is 0 Å². The van der Waals surface area contributed by atoms with Crippen molar-refractivity contribution in [3.05, 3.63) is 53.6 Å². The molecule has 0 saturated heterocycles. The van der Waals surface area contributed by atoms with E-state index in [-0.39, 0.29) is 9.75 Å². The second kappa shape index (κ2) is 4.42. The van der Waals surface area contributed by atoms with Crippen molar-refractivity contribution in [1.29, 1.82) is 0 Å². The molecule has 0 spiro atoms. The van der Waals surface area contributed by atoms with Crippen LogP contribution in [0.5, 0.6) is 0 Å². The van der Waals surface area contributed by atoms with E-state index >= 15 is 0 Å². The molecule has 2 aromatic rings. The van der Waals surface area contributed by atoms with Gasteiger partial charge in [0.2, 0.25) is 0 Å². The molecule has 0 aliphatic carbocycles. The summed E-state index contributed by atoms with van der Waals surface area (Å²) < 4.78 is 2.16. The molecule has 6 heteroatoms. The molecule has 0 unspecified atom stereocenters. The summed E-state index contributed by atoms with van der Waals surface area (Å²) in [7, 11) is 1.95. The van der Waals surface area contributed by atoms with E-state index in [1.807, 2.05) is 24.3 Å². The van der Waals surface area contributed by atoms with E-state index in [9.17, 15) is 9.59 Å². The van der Waals surface area contributed by atoms with Gasteiger partial charge in [-0.05, 0) is 32.3 Å². The minimum Gasteiger partial charge on any atom is -0.256 e. The summed E-state index contributed by atoms with van der Waals surface area (Å²) in [5.74, 6) is 0. The summed E-state index contributed by atoms with van der Waals surface area (Å²) in [5.41, 5.74) is 0.933. The molecule has 0 amide bonds. The van der Waals surface area contributed by atoms with E-state index < -0.39 is 0 Å². The van der Waals surface area contributed by atoms with Gasteiger partial charge in [-0.2, -0.15) is 0 Å². The minimum atomic E-state index is -0.194. The average molecular weight is 304 g/mol. The van der Waals surface area contributed by atoms with Gasteiger partial charge in [-0.25, -0.2) is 0 Å². The fraction of sp³-hybridized carbons (Fsp3) is 0.111. The van der Waals surface area contributed by atoms with Crippen LogP contribution in [0.25, 0.3) is 0 Å². The summed E-state index contributed by atoms with van der Waals surface area (Å²) in [4.78, 5) is 22.3. The molecule has 0 atom stereocenters. The number of halogens is 1. The second-order valence-electron chi connectivity index (χ2n) is 2.88.